The summed E-state index contributed by atoms with van der Waals surface area (Å²) in [6.07, 6.45) is 0.902. The molecule has 0 bridgehead atoms. The number of ether oxygens (including phenoxy) is 2. The first kappa shape index (κ1) is 14.3. The molecule has 1 aromatic carbocycles. The summed E-state index contributed by atoms with van der Waals surface area (Å²) in [5.74, 6) is -0.969. The minimum Gasteiger partial charge on any atom is -0.478 e. The maximum Gasteiger partial charge on any atom is 0.407 e. The number of hydrogen-bond acceptors (Lipinski definition) is 4. The maximum absolute atomic E-state index is 11.6. The Bertz CT molecular complexity index is 465. The van der Waals surface area contributed by atoms with Gasteiger partial charge in [-0.05, 0) is 17.7 Å². The Labute approximate surface area is 116 Å². The van der Waals surface area contributed by atoms with Crippen LogP contribution in [0, 0.1) is 0 Å². The molecule has 1 heterocycles. The lowest BCUT2D eigenvalue weighted by Crippen LogP contribution is -2.32. The molecule has 0 saturated carbocycles. The molecule has 0 aromatic heterocycles. The van der Waals surface area contributed by atoms with Crippen LogP contribution in [0.15, 0.2) is 24.3 Å². The zero-order valence-corrected chi connectivity index (χ0v) is 11.0. The monoisotopic (exact) mass is 279 g/mol. The number of benzene rings is 1. The Balaban J connectivity index is 1.76. The highest BCUT2D eigenvalue weighted by atomic mass is 16.6. The van der Waals surface area contributed by atoms with E-state index in [0.29, 0.717) is 19.8 Å². The standard InChI is InChI=1S/C14H17NO5/c16-13(17)11-3-1-10(2-4-11)9-15-14(18)20-12-5-7-19-8-6-12/h1-4,12H,5-9H2,(H,15,18)(H,16,17). The van der Waals surface area contributed by atoms with Crippen LogP contribution in [-0.4, -0.2) is 36.5 Å². The molecule has 0 unspecified atom stereocenters. The van der Waals surface area contributed by atoms with Crippen molar-refractivity contribution in [3.05, 3.63) is 35.4 Å². The minimum atomic E-state index is -0.969. The summed E-state index contributed by atoms with van der Waals surface area (Å²) in [6.45, 7) is 1.55. The van der Waals surface area contributed by atoms with E-state index in [-0.39, 0.29) is 11.7 Å². The fourth-order valence-electron chi connectivity index (χ4n) is 1.93. The van der Waals surface area contributed by atoms with Crippen LogP contribution in [0.4, 0.5) is 4.79 Å². The highest BCUT2D eigenvalue weighted by molar-refractivity contribution is 5.87. The fraction of sp³-hybridized carbons (Fsp3) is 0.429. The fourth-order valence-corrected chi connectivity index (χ4v) is 1.93. The average molecular weight is 279 g/mol. The Morgan fingerprint density at radius 1 is 1.25 bits per heavy atom. The lowest BCUT2D eigenvalue weighted by atomic mass is 10.1. The number of alkyl carbamates (subject to hydrolysis) is 1. The van der Waals surface area contributed by atoms with Gasteiger partial charge in [0, 0.05) is 19.4 Å². The summed E-state index contributed by atoms with van der Waals surface area (Å²) in [7, 11) is 0. The van der Waals surface area contributed by atoms with Crippen LogP contribution in [0.2, 0.25) is 0 Å². The van der Waals surface area contributed by atoms with E-state index in [4.69, 9.17) is 14.6 Å². The molecule has 6 nitrogen and oxygen atoms in total. The summed E-state index contributed by atoms with van der Waals surface area (Å²) in [5, 5.41) is 11.4. The molecule has 1 amide bonds. The number of carboxylic acid groups (broad SMARTS) is 1. The minimum absolute atomic E-state index is 0.0851. The van der Waals surface area contributed by atoms with Crippen LogP contribution >= 0.6 is 0 Å². The number of rotatable bonds is 4. The quantitative estimate of drug-likeness (QED) is 0.877. The largest absolute Gasteiger partial charge is 0.478 e. The van der Waals surface area contributed by atoms with Crippen molar-refractivity contribution in [2.45, 2.75) is 25.5 Å². The molecule has 1 aromatic rings. The van der Waals surface area contributed by atoms with Crippen molar-refractivity contribution in [3.8, 4) is 0 Å². The molecule has 108 valence electrons. The summed E-state index contributed by atoms with van der Waals surface area (Å²) in [6, 6.07) is 6.34. The van der Waals surface area contributed by atoms with E-state index in [1.165, 1.54) is 12.1 Å². The van der Waals surface area contributed by atoms with E-state index in [1.807, 2.05) is 0 Å². The molecule has 0 atom stereocenters. The number of amides is 1. The van der Waals surface area contributed by atoms with Gasteiger partial charge in [0.25, 0.3) is 0 Å². The SMILES string of the molecule is O=C(NCc1ccc(C(=O)O)cc1)OC1CCOCC1. The molecule has 6 heteroatoms. The molecule has 0 spiro atoms. The molecule has 0 radical (unpaired) electrons. The van der Waals surface area contributed by atoms with E-state index in [0.717, 1.165) is 18.4 Å². The van der Waals surface area contributed by atoms with Crippen molar-refractivity contribution >= 4 is 12.1 Å². The van der Waals surface area contributed by atoms with Gasteiger partial charge >= 0.3 is 12.1 Å². The first-order chi connectivity index (χ1) is 9.65. The van der Waals surface area contributed by atoms with Crippen molar-refractivity contribution < 1.29 is 24.2 Å². The summed E-state index contributed by atoms with van der Waals surface area (Å²) >= 11 is 0. The van der Waals surface area contributed by atoms with Gasteiger partial charge in [-0.15, -0.1) is 0 Å². The van der Waals surface area contributed by atoms with Gasteiger partial charge in [0.2, 0.25) is 0 Å². The number of carbonyl (C=O) groups is 2. The van der Waals surface area contributed by atoms with E-state index >= 15 is 0 Å². The van der Waals surface area contributed by atoms with Gasteiger partial charge in [-0.25, -0.2) is 9.59 Å². The lowest BCUT2D eigenvalue weighted by molar-refractivity contribution is 0.00150. The Morgan fingerprint density at radius 2 is 1.90 bits per heavy atom. The second kappa shape index (κ2) is 6.91. The molecule has 0 aliphatic carbocycles. The van der Waals surface area contributed by atoms with Gasteiger partial charge < -0.3 is 19.9 Å². The summed E-state index contributed by atoms with van der Waals surface area (Å²) in [5.41, 5.74) is 1.04. The molecule has 2 rings (SSSR count). The van der Waals surface area contributed by atoms with Crippen LogP contribution in [0.5, 0.6) is 0 Å². The summed E-state index contributed by atoms with van der Waals surface area (Å²) < 4.78 is 10.4. The third-order valence-corrected chi connectivity index (χ3v) is 3.08. The van der Waals surface area contributed by atoms with Gasteiger partial charge in [0.15, 0.2) is 0 Å². The zero-order valence-electron chi connectivity index (χ0n) is 11.0. The van der Waals surface area contributed by atoms with E-state index in [1.54, 1.807) is 12.1 Å². The molecule has 2 N–H and O–H groups in total. The van der Waals surface area contributed by atoms with E-state index in [9.17, 15) is 9.59 Å². The molecule has 20 heavy (non-hydrogen) atoms. The van der Waals surface area contributed by atoms with Crippen molar-refractivity contribution in [2.75, 3.05) is 13.2 Å². The first-order valence-corrected chi connectivity index (χ1v) is 6.49. The van der Waals surface area contributed by atoms with Crippen LogP contribution < -0.4 is 5.32 Å². The number of nitrogens with one attached hydrogen (secondary N) is 1. The van der Waals surface area contributed by atoms with E-state index < -0.39 is 12.1 Å². The number of carbonyl (C=O) groups excluding carboxylic acids is 1. The van der Waals surface area contributed by atoms with Crippen molar-refractivity contribution in [2.24, 2.45) is 0 Å². The van der Waals surface area contributed by atoms with Crippen LogP contribution in [0.3, 0.4) is 0 Å². The highest BCUT2D eigenvalue weighted by Crippen LogP contribution is 2.11. The molecule has 1 aliphatic heterocycles. The van der Waals surface area contributed by atoms with Crippen molar-refractivity contribution in [3.63, 3.8) is 0 Å². The van der Waals surface area contributed by atoms with Gasteiger partial charge in [-0.3, -0.25) is 0 Å². The van der Waals surface area contributed by atoms with E-state index in [2.05, 4.69) is 5.32 Å². The third kappa shape index (κ3) is 4.24. The highest BCUT2D eigenvalue weighted by Gasteiger charge is 2.17. The predicted molar refractivity (Wildman–Crippen MR) is 70.6 cm³/mol. The van der Waals surface area contributed by atoms with Gasteiger partial charge in [0.1, 0.15) is 6.10 Å². The van der Waals surface area contributed by atoms with Crippen molar-refractivity contribution in [1.29, 1.82) is 0 Å². The normalized spacial score (nSPS) is 15.6. The average Bonchev–Trinajstić information content (AvgIpc) is 2.46. The Hall–Kier alpha value is -2.08. The topological polar surface area (TPSA) is 84.9 Å². The smallest absolute Gasteiger partial charge is 0.407 e. The van der Waals surface area contributed by atoms with Crippen LogP contribution in [0.25, 0.3) is 0 Å². The molecule has 1 saturated heterocycles. The first-order valence-electron chi connectivity index (χ1n) is 6.49. The Kier molecular flexibility index (Phi) is 4.95. The number of aromatic carboxylic acids is 1. The maximum atomic E-state index is 11.6. The molecule has 1 fully saturated rings. The van der Waals surface area contributed by atoms with Crippen LogP contribution in [-0.2, 0) is 16.0 Å². The second-order valence-corrected chi connectivity index (χ2v) is 4.57. The van der Waals surface area contributed by atoms with Crippen molar-refractivity contribution in [1.82, 2.24) is 5.32 Å². The molecule has 1 aliphatic rings. The lowest BCUT2D eigenvalue weighted by Gasteiger charge is -2.22. The second-order valence-electron chi connectivity index (χ2n) is 4.57. The Morgan fingerprint density at radius 3 is 2.50 bits per heavy atom. The van der Waals surface area contributed by atoms with Gasteiger partial charge in [0.05, 0.1) is 18.8 Å². The van der Waals surface area contributed by atoms with Gasteiger partial charge in [-0.2, -0.15) is 0 Å². The zero-order chi connectivity index (χ0) is 14.4. The molecular weight excluding hydrogens is 262 g/mol. The third-order valence-electron chi connectivity index (χ3n) is 3.08. The van der Waals surface area contributed by atoms with Crippen LogP contribution in [0.1, 0.15) is 28.8 Å². The molecular formula is C14H17NO5. The summed E-state index contributed by atoms with van der Waals surface area (Å²) in [4.78, 5) is 22.3. The number of hydrogen-bond donors (Lipinski definition) is 2. The predicted octanol–water partition coefficient (Wildman–Crippen LogP) is 1.79. The number of carboxylic acids is 1. The van der Waals surface area contributed by atoms with Gasteiger partial charge in [-0.1, -0.05) is 12.1 Å².